The number of carbonyl (C=O) groups is 1. The molecule has 0 aromatic rings. The lowest BCUT2D eigenvalue weighted by molar-refractivity contribution is -0.123. The van der Waals surface area contributed by atoms with Crippen molar-refractivity contribution in [3.8, 4) is 0 Å². The van der Waals surface area contributed by atoms with E-state index in [1.165, 1.54) is 0 Å². The molecule has 6 heteroatoms. The van der Waals surface area contributed by atoms with Crippen LogP contribution in [-0.2, 0) is 4.79 Å². The average Bonchev–Trinajstić information content (AvgIpc) is 2.37. The first-order valence-corrected chi connectivity index (χ1v) is 7.82. The molecule has 0 aromatic heterocycles. The van der Waals surface area contributed by atoms with E-state index in [-0.39, 0.29) is 16.6 Å². The third-order valence-electron chi connectivity index (χ3n) is 2.70. The highest BCUT2D eigenvalue weighted by Gasteiger charge is 2.15. The van der Waals surface area contributed by atoms with Gasteiger partial charge in [0.1, 0.15) is 0 Å². The van der Waals surface area contributed by atoms with Gasteiger partial charge in [0.15, 0.2) is 5.96 Å². The van der Waals surface area contributed by atoms with Crippen molar-refractivity contribution in [2.45, 2.75) is 32.4 Å². The number of carbonyl (C=O) groups excluding carboxylic acids is 1. The highest BCUT2D eigenvalue weighted by molar-refractivity contribution is 7.99. The first-order chi connectivity index (χ1) is 8.82. The molecule has 19 heavy (non-hydrogen) atoms. The molecule has 0 unspecified atom stereocenters. The molecule has 0 saturated carbocycles. The normalized spacial score (nSPS) is 12.5. The van der Waals surface area contributed by atoms with Gasteiger partial charge in [0, 0.05) is 37.3 Å². The molecule has 1 amide bonds. The number of nitrogens with one attached hydrogen (secondary N) is 3. The molecule has 0 spiro atoms. The Kier molecular flexibility index (Phi) is 8.63. The summed E-state index contributed by atoms with van der Waals surface area (Å²) in [4.78, 5) is 15.5. The summed E-state index contributed by atoms with van der Waals surface area (Å²) in [6.45, 7) is 10.2. The van der Waals surface area contributed by atoms with Gasteiger partial charge in [-0.3, -0.25) is 9.79 Å². The monoisotopic (exact) mass is 288 g/mol. The molecule has 0 heterocycles. The molecule has 0 aliphatic rings. The average molecular weight is 288 g/mol. The van der Waals surface area contributed by atoms with Crippen molar-refractivity contribution in [2.24, 2.45) is 10.9 Å². The maximum atomic E-state index is 11.4. The van der Waals surface area contributed by atoms with Crippen LogP contribution in [0.2, 0.25) is 0 Å². The van der Waals surface area contributed by atoms with Crippen LogP contribution in [0, 0.1) is 5.92 Å². The number of amides is 1. The van der Waals surface area contributed by atoms with E-state index in [0.717, 1.165) is 12.5 Å². The Morgan fingerprint density at radius 1 is 1.21 bits per heavy atom. The summed E-state index contributed by atoms with van der Waals surface area (Å²) in [6, 6.07) is 0. The summed E-state index contributed by atoms with van der Waals surface area (Å²) in [5.41, 5.74) is 0. The van der Waals surface area contributed by atoms with Crippen LogP contribution in [0.3, 0.4) is 0 Å². The zero-order valence-electron chi connectivity index (χ0n) is 13.0. The van der Waals surface area contributed by atoms with E-state index in [9.17, 15) is 4.79 Å². The van der Waals surface area contributed by atoms with E-state index < -0.39 is 0 Å². The van der Waals surface area contributed by atoms with E-state index in [2.05, 4.69) is 41.0 Å². The van der Waals surface area contributed by atoms with Crippen molar-refractivity contribution in [1.82, 2.24) is 16.0 Å². The molecular formula is C13H28N4OS. The zero-order chi connectivity index (χ0) is 14.9. The quantitative estimate of drug-likeness (QED) is 0.372. The lowest BCUT2D eigenvalue weighted by Gasteiger charge is -2.23. The Hall–Kier alpha value is -0.910. The summed E-state index contributed by atoms with van der Waals surface area (Å²) >= 11 is 1.81. The first-order valence-electron chi connectivity index (χ1n) is 6.59. The van der Waals surface area contributed by atoms with Crippen LogP contribution in [0.5, 0.6) is 0 Å². The zero-order valence-corrected chi connectivity index (χ0v) is 13.8. The van der Waals surface area contributed by atoms with Crippen molar-refractivity contribution in [3.63, 3.8) is 0 Å². The van der Waals surface area contributed by atoms with Crippen LogP contribution >= 0.6 is 11.8 Å². The van der Waals surface area contributed by atoms with E-state index in [0.29, 0.717) is 13.1 Å². The number of guanidine groups is 1. The second kappa shape index (κ2) is 9.07. The van der Waals surface area contributed by atoms with Gasteiger partial charge in [-0.25, -0.2) is 0 Å². The molecule has 0 aromatic carbocycles. The van der Waals surface area contributed by atoms with Crippen molar-refractivity contribution in [1.29, 1.82) is 0 Å². The standard InChI is InChI=1S/C13H28N4OS/c1-10(2)11(18)15-7-8-16-12(14-5)17-9-13(3,4)19-6/h10H,7-9H2,1-6H3,(H,15,18)(H2,14,16,17). The van der Waals surface area contributed by atoms with Crippen LogP contribution in [0.25, 0.3) is 0 Å². The molecule has 0 aliphatic heterocycles. The summed E-state index contributed by atoms with van der Waals surface area (Å²) < 4.78 is 0.170. The van der Waals surface area contributed by atoms with Gasteiger partial charge in [-0.1, -0.05) is 13.8 Å². The SMILES string of the molecule is CN=C(NCCNC(=O)C(C)C)NCC(C)(C)SC. The highest BCUT2D eigenvalue weighted by atomic mass is 32.2. The third kappa shape index (κ3) is 8.75. The molecule has 0 fully saturated rings. The van der Waals surface area contributed by atoms with Gasteiger partial charge in [-0.15, -0.1) is 0 Å². The molecule has 0 aliphatic carbocycles. The molecule has 5 nitrogen and oxygen atoms in total. The Morgan fingerprint density at radius 2 is 1.79 bits per heavy atom. The van der Waals surface area contributed by atoms with Gasteiger partial charge in [-0.05, 0) is 20.1 Å². The molecule has 0 atom stereocenters. The molecule has 0 saturated heterocycles. The van der Waals surface area contributed by atoms with Gasteiger partial charge in [0.25, 0.3) is 0 Å². The second-order valence-electron chi connectivity index (χ2n) is 5.26. The maximum absolute atomic E-state index is 11.4. The van der Waals surface area contributed by atoms with Crippen LogP contribution in [0.15, 0.2) is 4.99 Å². The molecule has 0 bridgehead atoms. The second-order valence-corrected chi connectivity index (χ2v) is 6.78. The summed E-state index contributed by atoms with van der Waals surface area (Å²) in [5.74, 6) is 0.869. The number of hydrogen-bond donors (Lipinski definition) is 3. The minimum atomic E-state index is 0.0276. The Balaban J connectivity index is 3.87. The minimum absolute atomic E-state index is 0.0276. The van der Waals surface area contributed by atoms with Gasteiger partial charge in [0.2, 0.25) is 5.91 Å². The molecule has 0 radical (unpaired) electrons. The highest BCUT2D eigenvalue weighted by Crippen LogP contribution is 2.19. The van der Waals surface area contributed by atoms with Crippen molar-refractivity contribution in [2.75, 3.05) is 32.9 Å². The van der Waals surface area contributed by atoms with Gasteiger partial charge >= 0.3 is 0 Å². The Morgan fingerprint density at radius 3 is 2.26 bits per heavy atom. The number of rotatable bonds is 7. The van der Waals surface area contributed by atoms with Crippen molar-refractivity contribution < 1.29 is 4.79 Å². The largest absolute Gasteiger partial charge is 0.355 e. The summed E-state index contributed by atoms with van der Waals surface area (Å²) in [7, 11) is 1.74. The summed E-state index contributed by atoms with van der Waals surface area (Å²) in [6.07, 6.45) is 2.10. The van der Waals surface area contributed by atoms with Crippen molar-refractivity contribution >= 4 is 23.6 Å². The lowest BCUT2D eigenvalue weighted by atomic mass is 10.2. The van der Waals surface area contributed by atoms with E-state index in [1.54, 1.807) is 7.05 Å². The predicted octanol–water partition coefficient (Wildman–Crippen LogP) is 1.07. The molecular weight excluding hydrogens is 260 g/mol. The van der Waals surface area contributed by atoms with Gasteiger partial charge in [0.05, 0.1) is 0 Å². The van der Waals surface area contributed by atoms with Crippen LogP contribution in [0.1, 0.15) is 27.7 Å². The van der Waals surface area contributed by atoms with Crippen LogP contribution < -0.4 is 16.0 Å². The van der Waals surface area contributed by atoms with Crippen LogP contribution in [-0.4, -0.2) is 49.6 Å². The Labute approximate surface area is 121 Å². The topological polar surface area (TPSA) is 65.5 Å². The number of thioether (sulfide) groups is 1. The third-order valence-corrected chi connectivity index (χ3v) is 3.95. The van der Waals surface area contributed by atoms with E-state index in [4.69, 9.17) is 0 Å². The number of hydrogen-bond acceptors (Lipinski definition) is 3. The molecule has 112 valence electrons. The first kappa shape index (κ1) is 18.1. The smallest absolute Gasteiger partial charge is 0.222 e. The predicted molar refractivity (Wildman–Crippen MR) is 84.8 cm³/mol. The van der Waals surface area contributed by atoms with Crippen molar-refractivity contribution in [3.05, 3.63) is 0 Å². The molecule has 3 N–H and O–H groups in total. The lowest BCUT2D eigenvalue weighted by Crippen LogP contribution is -2.45. The van der Waals surface area contributed by atoms with Crippen LogP contribution in [0.4, 0.5) is 0 Å². The number of nitrogens with zero attached hydrogens (tertiary/aromatic N) is 1. The fourth-order valence-electron chi connectivity index (χ4n) is 1.16. The maximum Gasteiger partial charge on any atom is 0.222 e. The number of aliphatic imine (C=N–C) groups is 1. The molecule has 0 rings (SSSR count). The fourth-order valence-corrected chi connectivity index (χ4v) is 1.38. The van der Waals surface area contributed by atoms with E-state index >= 15 is 0 Å². The van der Waals surface area contributed by atoms with E-state index in [1.807, 2.05) is 25.6 Å². The fraction of sp³-hybridized carbons (Fsp3) is 0.846. The van der Waals surface area contributed by atoms with Gasteiger partial charge < -0.3 is 16.0 Å². The summed E-state index contributed by atoms with van der Waals surface area (Å²) in [5, 5.41) is 9.31. The minimum Gasteiger partial charge on any atom is -0.355 e. The van der Waals surface area contributed by atoms with Gasteiger partial charge in [-0.2, -0.15) is 11.8 Å². The Bertz CT molecular complexity index is 303.